The average Bonchev–Trinajstić information content (AvgIpc) is 2.94. The predicted octanol–water partition coefficient (Wildman–Crippen LogP) is -0.163. The summed E-state index contributed by atoms with van der Waals surface area (Å²) < 4.78 is 19.9. The Morgan fingerprint density at radius 2 is 2.07 bits per heavy atom. The maximum Gasteiger partial charge on any atom is 0.334 e. The summed E-state index contributed by atoms with van der Waals surface area (Å²) in [6.07, 6.45) is 0.107. The van der Waals surface area contributed by atoms with Crippen LogP contribution < -0.4 is 11.1 Å². The zero-order valence-electron chi connectivity index (χ0n) is 15.8. The molecular weight excluding hydrogens is 444 g/mol. The third kappa shape index (κ3) is 9.25. The van der Waals surface area contributed by atoms with Crippen molar-refractivity contribution in [3.63, 3.8) is 0 Å². The van der Waals surface area contributed by atoms with Crippen LogP contribution in [0.15, 0.2) is 4.99 Å². The summed E-state index contributed by atoms with van der Waals surface area (Å²) >= 11 is -2.50. The van der Waals surface area contributed by atoms with Crippen molar-refractivity contribution in [2.24, 2.45) is 10.7 Å². The molecule has 29 heavy (non-hydrogen) atoms. The van der Waals surface area contributed by atoms with E-state index in [1.165, 1.54) is 21.6 Å². The molecule has 3 unspecified atom stereocenters. The van der Waals surface area contributed by atoms with Crippen molar-refractivity contribution in [2.75, 3.05) is 18.1 Å². The van der Waals surface area contributed by atoms with Crippen LogP contribution in [0.1, 0.15) is 32.6 Å². The average molecular weight is 469 g/mol. The van der Waals surface area contributed by atoms with Crippen LogP contribution in [-0.2, 0) is 35.1 Å². The Bertz CT molecular complexity index is 674. The van der Waals surface area contributed by atoms with Crippen molar-refractivity contribution in [2.45, 2.75) is 43.5 Å². The lowest BCUT2D eigenvalue weighted by atomic mass is 10.1. The predicted molar refractivity (Wildman–Crippen MR) is 111 cm³/mol. The fourth-order valence-electron chi connectivity index (χ4n) is 1.99. The maximum atomic E-state index is 11.7. The molecule has 1 fully saturated rings. The molecule has 1 saturated heterocycles. The molecule has 1 aliphatic heterocycles. The molecule has 3 atom stereocenters. The Balaban J connectivity index is 2.12. The van der Waals surface area contributed by atoms with Crippen LogP contribution in [0, 0.1) is 0 Å². The minimum atomic E-state index is -2.50. The molecule has 0 radical (unpaired) electrons. The largest absolute Gasteiger partial charge is 0.355 e. The first-order valence-electron chi connectivity index (χ1n) is 8.52. The van der Waals surface area contributed by atoms with Gasteiger partial charge >= 0.3 is 5.97 Å². The summed E-state index contributed by atoms with van der Waals surface area (Å²) in [6.45, 7) is 5.50. The molecule has 0 aromatic rings. The summed E-state index contributed by atoms with van der Waals surface area (Å²) in [5, 5.41) is 1.59. The first-order valence-corrected chi connectivity index (χ1v) is 12.2. The number of rotatable bonds is 13. The van der Waals surface area contributed by atoms with Gasteiger partial charge in [-0.25, -0.2) is 9.00 Å². The number of nitrogens with one attached hydrogen (secondary N) is 1. The van der Waals surface area contributed by atoms with Crippen molar-refractivity contribution >= 4 is 63.1 Å². The van der Waals surface area contributed by atoms with Gasteiger partial charge < -0.3 is 20.4 Å². The van der Waals surface area contributed by atoms with E-state index in [9.17, 15) is 23.4 Å². The van der Waals surface area contributed by atoms with E-state index < -0.39 is 46.2 Å². The van der Waals surface area contributed by atoms with E-state index in [0.717, 1.165) is 0 Å². The van der Waals surface area contributed by atoms with Gasteiger partial charge in [-0.15, -0.1) is 5.06 Å². The van der Waals surface area contributed by atoms with Gasteiger partial charge in [0.05, 0.1) is 12.8 Å². The Kier molecular flexibility index (Phi) is 10.8. The maximum absolute atomic E-state index is 11.7. The van der Waals surface area contributed by atoms with E-state index in [1.54, 1.807) is 6.92 Å². The van der Waals surface area contributed by atoms with E-state index in [4.69, 9.17) is 10.3 Å². The lowest BCUT2D eigenvalue weighted by Crippen LogP contribution is -2.36. The molecule has 1 heterocycles. The monoisotopic (exact) mass is 468 g/mol. The first-order chi connectivity index (χ1) is 13.6. The van der Waals surface area contributed by atoms with Crippen LogP contribution in [0.2, 0.25) is 0 Å². The second kappa shape index (κ2) is 12.3. The van der Waals surface area contributed by atoms with Crippen molar-refractivity contribution in [3.8, 4) is 0 Å². The number of aliphatic imine (C=N–C) groups is 1. The molecule has 11 nitrogen and oxygen atoms in total. The third-order valence-corrected chi connectivity index (χ3v) is 6.96. The molecule has 0 saturated carbocycles. The number of hydrogen-bond acceptors (Lipinski definition) is 10. The first kappa shape index (κ1) is 25.6. The SMILES string of the molecule is C=NC(C)(N)CCC(=O)NCCSSCCC(=O)ON1C(=O)CC(S(=O)O)C1=O. The summed E-state index contributed by atoms with van der Waals surface area (Å²) in [5.74, 6) is -1.79. The Morgan fingerprint density at radius 3 is 2.66 bits per heavy atom. The standard InChI is InChI=1S/C15H24N4O7S3/c1-15(16,17-2)5-3-11(20)18-6-8-28-27-7-4-13(22)26-19-12(21)9-10(14(19)23)29(24)25/h10H,2-9,16H2,1H3,(H,18,20)(H,24,25). The Labute approximate surface area is 178 Å². The van der Waals surface area contributed by atoms with Crippen molar-refractivity contribution < 1.29 is 32.8 Å². The van der Waals surface area contributed by atoms with Gasteiger partial charge in [-0.05, 0) is 20.1 Å². The molecule has 3 amide bonds. The fourth-order valence-corrected chi connectivity index (χ4v) is 4.42. The molecular formula is C15H24N4O7S3. The van der Waals surface area contributed by atoms with Crippen molar-refractivity contribution in [1.29, 1.82) is 0 Å². The number of carbonyl (C=O) groups is 4. The summed E-state index contributed by atoms with van der Waals surface area (Å²) in [7, 11) is 2.80. The minimum absolute atomic E-state index is 0.0579. The lowest BCUT2D eigenvalue weighted by Gasteiger charge is -2.18. The van der Waals surface area contributed by atoms with E-state index in [0.29, 0.717) is 24.5 Å². The van der Waals surface area contributed by atoms with E-state index in [-0.39, 0.29) is 23.8 Å². The van der Waals surface area contributed by atoms with Crippen LogP contribution in [-0.4, -0.2) is 73.2 Å². The van der Waals surface area contributed by atoms with E-state index in [1.807, 2.05) is 0 Å². The van der Waals surface area contributed by atoms with Crippen LogP contribution in [0.3, 0.4) is 0 Å². The molecule has 4 N–H and O–H groups in total. The number of amides is 3. The molecule has 0 aromatic heterocycles. The number of hydroxylamine groups is 2. The molecule has 0 bridgehead atoms. The van der Waals surface area contributed by atoms with Gasteiger partial charge in [0.1, 0.15) is 5.66 Å². The number of nitrogens with zero attached hydrogens (tertiary/aromatic N) is 2. The van der Waals surface area contributed by atoms with Gasteiger partial charge in [0.2, 0.25) is 5.91 Å². The van der Waals surface area contributed by atoms with Crippen molar-refractivity contribution in [1.82, 2.24) is 10.4 Å². The molecule has 0 aromatic carbocycles. The van der Waals surface area contributed by atoms with Gasteiger partial charge in [0.15, 0.2) is 16.3 Å². The Hall–Kier alpha value is -1.48. The van der Waals surface area contributed by atoms with Gasteiger partial charge in [0.25, 0.3) is 11.8 Å². The topological polar surface area (TPSA) is 168 Å². The minimum Gasteiger partial charge on any atom is -0.355 e. The number of nitrogens with two attached hydrogens (primary N) is 1. The van der Waals surface area contributed by atoms with Crippen LogP contribution in [0.4, 0.5) is 0 Å². The summed E-state index contributed by atoms with van der Waals surface area (Å²) in [5.41, 5.74) is 4.94. The Morgan fingerprint density at radius 1 is 1.41 bits per heavy atom. The molecule has 1 aliphatic rings. The number of carbonyl (C=O) groups excluding carboxylic acids is 4. The smallest absolute Gasteiger partial charge is 0.334 e. The highest BCUT2D eigenvalue weighted by molar-refractivity contribution is 8.76. The van der Waals surface area contributed by atoms with Gasteiger partial charge in [0, 0.05) is 24.5 Å². The van der Waals surface area contributed by atoms with Crippen molar-refractivity contribution in [3.05, 3.63) is 0 Å². The second-order valence-corrected chi connectivity index (χ2v) is 10.0. The lowest BCUT2D eigenvalue weighted by molar-refractivity contribution is -0.197. The van der Waals surface area contributed by atoms with Gasteiger partial charge in [-0.1, -0.05) is 21.6 Å². The molecule has 1 rings (SSSR count). The molecule has 0 aliphatic carbocycles. The highest BCUT2D eigenvalue weighted by Gasteiger charge is 2.44. The van der Waals surface area contributed by atoms with Gasteiger partial charge in [-0.2, -0.15) is 0 Å². The zero-order chi connectivity index (χ0) is 22.0. The molecule has 14 heteroatoms. The van der Waals surface area contributed by atoms with E-state index >= 15 is 0 Å². The summed E-state index contributed by atoms with van der Waals surface area (Å²) in [4.78, 5) is 55.1. The fraction of sp³-hybridized carbons (Fsp3) is 0.667. The normalized spacial score (nSPS) is 19.6. The van der Waals surface area contributed by atoms with E-state index in [2.05, 4.69) is 21.9 Å². The second-order valence-electron chi connectivity index (χ2n) is 6.22. The highest BCUT2D eigenvalue weighted by Crippen LogP contribution is 2.22. The van der Waals surface area contributed by atoms with Crippen LogP contribution >= 0.6 is 21.6 Å². The molecule has 164 valence electrons. The highest BCUT2D eigenvalue weighted by atomic mass is 33.1. The quantitative estimate of drug-likeness (QED) is 0.108. The van der Waals surface area contributed by atoms with Crippen LogP contribution in [0.5, 0.6) is 0 Å². The van der Waals surface area contributed by atoms with Crippen LogP contribution in [0.25, 0.3) is 0 Å². The third-order valence-electron chi connectivity index (χ3n) is 3.70. The number of hydrogen-bond donors (Lipinski definition) is 3. The van der Waals surface area contributed by atoms with Gasteiger partial charge in [-0.3, -0.25) is 19.4 Å². The summed E-state index contributed by atoms with van der Waals surface area (Å²) in [6, 6.07) is 0. The zero-order valence-corrected chi connectivity index (χ0v) is 18.3. The number of imide groups is 1. The molecule has 0 spiro atoms.